The molecule has 1 amide bonds. The van der Waals surface area contributed by atoms with Gasteiger partial charge in [-0.1, -0.05) is 20.8 Å². The predicted octanol–water partition coefficient (Wildman–Crippen LogP) is 2.56. The number of guanidine groups is 1. The van der Waals surface area contributed by atoms with Gasteiger partial charge in [-0.3, -0.25) is 14.7 Å². The minimum absolute atomic E-state index is 0. The lowest BCUT2D eigenvalue weighted by Gasteiger charge is -2.35. The van der Waals surface area contributed by atoms with E-state index >= 15 is 0 Å². The molecule has 7 nitrogen and oxygen atoms in total. The van der Waals surface area contributed by atoms with E-state index < -0.39 is 0 Å². The number of ether oxygens (including phenoxy) is 1. The molecule has 0 saturated carbocycles. The molecule has 2 N–H and O–H groups in total. The molecular weight excluding hydrogens is 493 g/mol. The van der Waals surface area contributed by atoms with Crippen molar-refractivity contribution in [3.63, 3.8) is 0 Å². The highest BCUT2D eigenvalue weighted by Crippen LogP contribution is 2.17. The fraction of sp³-hybridized carbons (Fsp3) is 0.909. The van der Waals surface area contributed by atoms with Crippen LogP contribution in [0.15, 0.2) is 4.99 Å². The van der Waals surface area contributed by atoms with E-state index in [0.717, 1.165) is 90.7 Å². The van der Waals surface area contributed by atoms with E-state index in [1.165, 1.54) is 0 Å². The van der Waals surface area contributed by atoms with Crippen LogP contribution < -0.4 is 10.6 Å². The van der Waals surface area contributed by atoms with Crippen LogP contribution in [0.5, 0.6) is 0 Å². The summed E-state index contributed by atoms with van der Waals surface area (Å²) in [4.78, 5) is 22.0. The Bertz CT molecular complexity index is 502. The summed E-state index contributed by atoms with van der Waals surface area (Å²) in [6.45, 7) is 16.8. The van der Waals surface area contributed by atoms with Crippen molar-refractivity contribution < 1.29 is 9.53 Å². The normalized spacial score (nSPS) is 20.0. The summed E-state index contributed by atoms with van der Waals surface area (Å²) >= 11 is 0. The Hall–Kier alpha value is -0.610. The number of amides is 1. The minimum atomic E-state index is 0. The Morgan fingerprint density at radius 1 is 1.10 bits per heavy atom. The highest BCUT2D eigenvalue weighted by atomic mass is 127. The first kappa shape index (κ1) is 27.4. The second kappa shape index (κ2) is 15.2. The fourth-order valence-electron chi connectivity index (χ4n) is 4.18. The summed E-state index contributed by atoms with van der Waals surface area (Å²) in [5, 5.41) is 6.98. The summed E-state index contributed by atoms with van der Waals surface area (Å²) in [5.74, 6) is 1.95. The molecule has 1 unspecified atom stereocenters. The smallest absolute Gasteiger partial charge is 0.225 e. The van der Waals surface area contributed by atoms with Gasteiger partial charge >= 0.3 is 0 Å². The SMILES string of the molecule is CCNC(=NCC(C)CN1CCOCC1)NC1CCN(C(=O)C(CC)CC)CC1.I. The molecule has 0 aromatic carbocycles. The first-order valence-electron chi connectivity index (χ1n) is 11.7. The van der Waals surface area contributed by atoms with Gasteiger partial charge in [-0.15, -0.1) is 24.0 Å². The van der Waals surface area contributed by atoms with Gasteiger partial charge in [0.15, 0.2) is 5.96 Å². The first-order chi connectivity index (χ1) is 14.1. The van der Waals surface area contributed by atoms with Crippen molar-refractivity contribution >= 4 is 35.8 Å². The van der Waals surface area contributed by atoms with Crippen molar-refractivity contribution in [2.75, 3.05) is 59.0 Å². The number of piperidine rings is 1. The van der Waals surface area contributed by atoms with Gasteiger partial charge in [0.25, 0.3) is 0 Å². The molecule has 2 aliphatic rings. The number of carbonyl (C=O) groups is 1. The lowest BCUT2D eigenvalue weighted by Crippen LogP contribution is -2.50. The van der Waals surface area contributed by atoms with Crippen LogP contribution in [0.25, 0.3) is 0 Å². The molecule has 2 rings (SSSR count). The van der Waals surface area contributed by atoms with Crippen LogP contribution in [0.2, 0.25) is 0 Å². The standard InChI is InChI=1S/C22H43N5O2.HI/c1-5-19(6-2)21(28)27-10-8-20(9-11-27)25-22(23-7-3)24-16-18(4)17-26-12-14-29-15-13-26;/h18-20H,5-17H2,1-4H3,(H2,23,24,25);1H. The Morgan fingerprint density at radius 3 is 2.30 bits per heavy atom. The van der Waals surface area contributed by atoms with Crippen LogP contribution in [0.4, 0.5) is 0 Å². The third kappa shape index (κ3) is 9.26. The van der Waals surface area contributed by atoms with E-state index in [0.29, 0.717) is 17.9 Å². The quantitative estimate of drug-likeness (QED) is 0.269. The lowest BCUT2D eigenvalue weighted by molar-refractivity contribution is -0.136. The van der Waals surface area contributed by atoms with E-state index in [-0.39, 0.29) is 29.9 Å². The third-order valence-electron chi connectivity index (χ3n) is 6.06. The Balaban J connectivity index is 0.00000450. The average molecular weight is 538 g/mol. The van der Waals surface area contributed by atoms with E-state index in [1.807, 2.05) is 0 Å². The second-order valence-electron chi connectivity index (χ2n) is 8.50. The first-order valence-corrected chi connectivity index (χ1v) is 11.7. The van der Waals surface area contributed by atoms with E-state index in [9.17, 15) is 4.79 Å². The maximum Gasteiger partial charge on any atom is 0.225 e. The predicted molar refractivity (Wildman–Crippen MR) is 135 cm³/mol. The van der Waals surface area contributed by atoms with Crippen molar-refractivity contribution in [1.82, 2.24) is 20.4 Å². The van der Waals surface area contributed by atoms with Crippen molar-refractivity contribution in [3.05, 3.63) is 0 Å². The fourth-order valence-corrected chi connectivity index (χ4v) is 4.18. The molecule has 8 heteroatoms. The number of rotatable bonds is 9. The van der Waals surface area contributed by atoms with Crippen LogP contribution in [-0.4, -0.2) is 86.7 Å². The number of likely N-dealkylation sites (tertiary alicyclic amines) is 1. The largest absolute Gasteiger partial charge is 0.379 e. The van der Waals surface area contributed by atoms with E-state index in [4.69, 9.17) is 9.73 Å². The molecular formula is C22H44IN5O2. The molecule has 1 atom stereocenters. The van der Waals surface area contributed by atoms with Gasteiger partial charge in [0.2, 0.25) is 5.91 Å². The number of nitrogens with zero attached hydrogens (tertiary/aromatic N) is 3. The molecule has 2 fully saturated rings. The van der Waals surface area contributed by atoms with Gasteiger partial charge in [-0.05, 0) is 38.5 Å². The highest BCUT2D eigenvalue weighted by molar-refractivity contribution is 14.0. The molecule has 0 radical (unpaired) electrons. The van der Waals surface area contributed by atoms with Gasteiger partial charge in [-0.2, -0.15) is 0 Å². The van der Waals surface area contributed by atoms with Gasteiger partial charge in [0, 0.05) is 57.8 Å². The van der Waals surface area contributed by atoms with Gasteiger partial charge in [0.1, 0.15) is 0 Å². The zero-order chi connectivity index (χ0) is 21.1. The number of nitrogens with one attached hydrogen (secondary N) is 2. The number of hydrogen-bond acceptors (Lipinski definition) is 4. The summed E-state index contributed by atoms with van der Waals surface area (Å²) in [7, 11) is 0. The molecule has 2 heterocycles. The zero-order valence-electron chi connectivity index (χ0n) is 19.5. The minimum Gasteiger partial charge on any atom is -0.379 e. The molecule has 0 aromatic rings. The van der Waals surface area contributed by atoms with Crippen molar-refractivity contribution in [3.8, 4) is 0 Å². The summed E-state index contributed by atoms with van der Waals surface area (Å²) < 4.78 is 5.43. The lowest BCUT2D eigenvalue weighted by atomic mass is 9.98. The topological polar surface area (TPSA) is 69.2 Å². The number of carbonyl (C=O) groups excluding carboxylic acids is 1. The number of morpholine rings is 1. The summed E-state index contributed by atoms with van der Waals surface area (Å²) in [5.41, 5.74) is 0. The maximum atomic E-state index is 12.6. The van der Waals surface area contributed by atoms with Gasteiger partial charge in [-0.25, -0.2) is 0 Å². The Morgan fingerprint density at radius 2 is 1.73 bits per heavy atom. The monoisotopic (exact) mass is 537 g/mol. The summed E-state index contributed by atoms with van der Waals surface area (Å²) in [6, 6.07) is 0.383. The van der Waals surface area contributed by atoms with E-state index in [1.54, 1.807) is 0 Å². The van der Waals surface area contributed by atoms with Gasteiger partial charge < -0.3 is 20.3 Å². The second-order valence-corrected chi connectivity index (χ2v) is 8.50. The Labute approximate surface area is 200 Å². The molecule has 2 aliphatic heterocycles. The highest BCUT2D eigenvalue weighted by Gasteiger charge is 2.26. The van der Waals surface area contributed by atoms with Crippen molar-refractivity contribution in [1.29, 1.82) is 0 Å². The van der Waals surface area contributed by atoms with Crippen molar-refractivity contribution in [2.45, 2.75) is 59.4 Å². The molecule has 0 aromatic heterocycles. The average Bonchev–Trinajstić information content (AvgIpc) is 2.74. The number of aliphatic imine (C=N–C) groups is 1. The third-order valence-corrected chi connectivity index (χ3v) is 6.06. The van der Waals surface area contributed by atoms with Crippen LogP contribution in [-0.2, 0) is 9.53 Å². The summed E-state index contributed by atoms with van der Waals surface area (Å²) in [6.07, 6.45) is 3.85. The molecule has 0 aliphatic carbocycles. The van der Waals surface area contributed by atoms with Crippen LogP contribution in [0, 0.1) is 11.8 Å². The number of halogens is 1. The van der Waals surface area contributed by atoms with Crippen LogP contribution >= 0.6 is 24.0 Å². The molecule has 176 valence electrons. The van der Waals surface area contributed by atoms with E-state index in [2.05, 4.69) is 48.1 Å². The number of hydrogen-bond donors (Lipinski definition) is 2. The van der Waals surface area contributed by atoms with Gasteiger partial charge in [0.05, 0.1) is 13.2 Å². The van der Waals surface area contributed by atoms with Crippen LogP contribution in [0.3, 0.4) is 0 Å². The molecule has 0 bridgehead atoms. The molecule has 30 heavy (non-hydrogen) atoms. The molecule has 0 spiro atoms. The maximum absolute atomic E-state index is 12.6. The Kier molecular flexibility index (Phi) is 13.9. The molecule has 2 saturated heterocycles. The van der Waals surface area contributed by atoms with Crippen molar-refractivity contribution in [2.24, 2.45) is 16.8 Å². The van der Waals surface area contributed by atoms with Crippen LogP contribution in [0.1, 0.15) is 53.4 Å². The zero-order valence-corrected chi connectivity index (χ0v) is 21.8.